The van der Waals surface area contributed by atoms with Crippen molar-refractivity contribution in [2.45, 2.75) is 19.1 Å². The van der Waals surface area contributed by atoms with Gasteiger partial charge in [-0.2, -0.15) is 0 Å². The van der Waals surface area contributed by atoms with E-state index in [0.717, 1.165) is 0 Å². The van der Waals surface area contributed by atoms with Gasteiger partial charge in [-0.1, -0.05) is 29.8 Å². The first-order chi connectivity index (χ1) is 9.06. The molecule has 19 heavy (non-hydrogen) atoms. The van der Waals surface area contributed by atoms with E-state index in [1.807, 2.05) is 0 Å². The Kier molecular flexibility index (Phi) is 4.40. The Labute approximate surface area is 116 Å². The van der Waals surface area contributed by atoms with Crippen molar-refractivity contribution in [1.82, 2.24) is 0 Å². The summed E-state index contributed by atoms with van der Waals surface area (Å²) >= 11 is 5.85. The third kappa shape index (κ3) is 3.69. The molecular formula is C15H14ClFO2. The van der Waals surface area contributed by atoms with Crippen LogP contribution in [-0.2, 0) is 0 Å². The molecule has 0 spiro atoms. The second-order valence-electron chi connectivity index (χ2n) is 4.28. The lowest BCUT2D eigenvalue weighted by atomic mass is 10.1. The molecule has 0 fully saturated rings. The second kappa shape index (κ2) is 6.04. The highest BCUT2D eigenvalue weighted by Gasteiger charge is 2.18. The van der Waals surface area contributed by atoms with E-state index >= 15 is 0 Å². The summed E-state index contributed by atoms with van der Waals surface area (Å²) in [5.41, 5.74) is 0.481. The van der Waals surface area contributed by atoms with Crippen molar-refractivity contribution >= 4 is 11.6 Å². The number of hydrogen-bond acceptors (Lipinski definition) is 2. The molecule has 2 aromatic carbocycles. The maximum atomic E-state index is 13.1. The van der Waals surface area contributed by atoms with E-state index in [1.54, 1.807) is 43.3 Å². The Morgan fingerprint density at radius 3 is 2.58 bits per heavy atom. The van der Waals surface area contributed by atoms with E-state index < -0.39 is 12.2 Å². The average molecular weight is 281 g/mol. The van der Waals surface area contributed by atoms with Gasteiger partial charge < -0.3 is 9.84 Å². The van der Waals surface area contributed by atoms with Crippen LogP contribution in [-0.4, -0.2) is 11.2 Å². The molecule has 0 heterocycles. The van der Waals surface area contributed by atoms with Gasteiger partial charge in [0.05, 0.1) is 0 Å². The number of aliphatic hydroxyl groups excluding tert-OH is 1. The molecule has 0 amide bonds. The van der Waals surface area contributed by atoms with E-state index in [2.05, 4.69) is 0 Å². The Bertz CT molecular complexity index is 559. The van der Waals surface area contributed by atoms with Crippen molar-refractivity contribution in [3.05, 3.63) is 64.9 Å². The van der Waals surface area contributed by atoms with Crippen LogP contribution in [0.2, 0.25) is 5.02 Å². The average Bonchev–Trinajstić information content (AvgIpc) is 2.38. The van der Waals surface area contributed by atoms with Crippen molar-refractivity contribution in [2.75, 3.05) is 0 Å². The van der Waals surface area contributed by atoms with E-state index in [9.17, 15) is 9.50 Å². The molecule has 2 aromatic rings. The smallest absolute Gasteiger partial charge is 0.126 e. The van der Waals surface area contributed by atoms with Crippen molar-refractivity contribution in [2.24, 2.45) is 0 Å². The summed E-state index contributed by atoms with van der Waals surface area (Å²) in [5, 5.41) is 10.7. The molecule has 2 rings (SSSR count). The molecule has 0 aliphatic heterocycles. The van der Waals surface area contributed by atoms with Gasteiger partial charge in [-0.05, 0) is 42.8 Å². The van der Waals surface area contributed by atoms with Gasteiger partial charge >= 0.3 is 0 Å². The quantitative estimate of drug-likeness (QED) is 0.918. The molecule has 0 saturated heterocycles. The van der Waals surface area contributed by atoms with Crippen molar-refractivity contribution in [3.8, 4) is 5.75 Å². The first kappa shape index (κ1) is 13.8. The number of ether oxygens (including phenoxy) is 1. The van der Waals surface area contributed by atoms with Crippen molar-refractivity contribution in [1.29, 1.82) is 0 Å². The minimum atomic E-state index is -0.908. The van der Waals surface area contributed by atoms with Crippen molar-refractivity contribution < 1.29 is 14.2 Å². The molecular weight excluding hydrogens is 267 g/mol. The molecule has 0 saturated carbocycles. The molecule has 2 nitrogen and oxygen atoms in total. The maximum Gasteiger partial charge on any atom is 0.126 e. The minimum Gasteiger partial charge on any atom is -0.488 e. The first-order valence-corrected chi connectivity index (χ1v) is 6.30. The second-order valence-corrected chi connectivity index (χ2v) is 4.72. The fourth-order valence-corrected chi connectivity index (χ4v) is 1.96. The standard InChI is InChI=1S/C15H14ClFO2/c1-10(19-14-7-3-5-12(16)9-14)15(18)11-4-2-6-13(17)8-11/h2-10,15,18H,1H3. The van der Waals surface area contributed by atoms with Crippen LogP contribution in [0.4, 0.5) is 4.39 Å². The van der Waals surface area contributed by atoms with Crippen LogP contribution in [0.25, 0.3) is 0 Å². The molecule has 0 aliphatic carbocycles. The summed E-state index contributed by atoms with van der Waals surface area (Å²) in [7, 11) is 0. The largest absolute Gasteiger partial charge is 0.488 e. The predicted molar refractivity (Wildman–Crippen MR) is 72.9 cm³/mol. The number of rotatable bonds is 4. The topological polar surface area (TPSA) is 29.5 Å². The van der Waals surface area contributed by atoms with Gasteiger partial charge in [-0.3, -0.25) is 0 Å². The minimum absolute atomic E-state index is 0.383. The number of aliphatic hydroxyl groups is 1. The van der Waals surface area contributed by atoms with Crippen LogP contribution in [0.1, 0.15) is 18.6 Å². The van der Waals surface area contributed by atoms with Crippen LogP contribution in [0.15, 0.2) is 48.5 Å². The molecule has 0 aliphatic rings. The van der Waals surface area contributed by atoms with Crippen LogP contribution in [0, 0.1) is 5.82 Å². The summed E-state index contributed by atoms with van der Waals surface area (Å²) in [4.78, 5) is 0. The first-order valence-electron chi connectivity index (χ1n) is 5.92. The number of benzene rings is 2. The van der Waals surface area contributed by atoms with Gasteiger partial charge in [0, 0.05) is 5.02 Å². The van der Waals surface area contributed by atoms with E-state index in [1.165, 1.54) is 12.1 Å². The van der Waals surface area contributed by atoms with E-state index in [-0.39, 0.29) is 5.82 Å². The Hall–Kier alpha value is -1.58. The normalized spacial score (nSPS) is 13.9. The molecule has 4 heteroatoms. The molecule has 0 radical (unpaired) electrons. The zero-order chi connectivity index (χ0) is 13.8. The highest BCUT2D eigenvalue weighted by atomic mass is 35.5. The van der Waals surface area contributed by atoms with Crippen LogP contribution < -0.4 is 4.74 Å². The number of hydrogen-bond donors (Lipinski definition) is 1. The number of halogens is 2. The fourth-order valence-electron chi connectivity index (χ4n) is 1.78. The SMILES string of the molecule is CC(Oc1cccc(Cl)c1)C(O)c1cccc(F)c1. The Morgan fingerprint density at radius 1 is 1.16 bits per heavy atom. The van der Waals surface area contributed by atoms with Gasteiger partial charge in [0.25, 0.3) is 0 Å². The summed E-state index contributed by atoms with van der Waals surface area (Å²) in [6, 6.07) is 12.8. The van der Waals surface area contributed by atoms with Crippen LogP contribution in [0.3, 0.4) is 0 Å². The third-order valence-corrected chi connectivity index (χ3v) is 2.99. The van der Waals surface area contributed by atoms with Gasteiger partial charge in [0.15, 0.2) is 0 Å². The zero-order valence-electron chi connectivity index (χ0n) is 10.4. The molecule has 0 bridgehead atoms. The van der Waals surface area contributed by atoms with Crippen LogP contribution in [0.5, 0.6) is 5.75 Å². The molecule has 1 N–H and O–H groups in total. The molecule has 2 atom stereocenters. The predicted octanol–water partition coefficient (Wildman–Crippen LogP) is 3.98. The Balaban J connectivity index is 2.09. The lowest BCUT2D eigenvalue weighted by Gasteiger charge is -2.21. The lowest BCUT2D eigenvalue weighted by molar-refractivity contribution is 0.0466. The molecule has 0 aromatic heterocycles. The monoisotopic (exact) mass is 280 g/mol. The van der Waals surface area contributed by atoms with E-state index in [4.69, 9.17) is 16.3 Å². The van der Waals surface area contributed by atoms with Gasteiger partial charge in [-0.15, -0.1) is 0 Å². The lowest BCUT2D eigenvalue weighted by Crippen LogP contribution is -2.21. The highest BCUT2D eigenvalue weighted by molar-refractivity contribution is 6.30. The summed E-state index contributed by atoms with van der Waals surface area (Å²) in [6.45, 7) is 1.72. The zero-order valence-corrected chi connectivity index (χ0v) is 11.1. The molecule has 100 valence electrons. The van der Waals surface area contributed by atoms with Crippen molar-refractivity contribution in [3.63, 3.8) is 0 Å². The van der Waals surface area contributed by atoms with Gasteiger partial charge in [0.2, 0.25) is 0 Å². The third-order valence-electron chi connectivity index (χ3n) is 2.75. The maximum absolute atomic E-state index is 13.1. The van der Waals surface area contributed by atoms with Gasteiger partial charge in [0.1, 0.15) is 23.8 Å². The van der Waals surface area contributed by atoms with Crippen LogP contribution >= 0.6 is 11.6 Å². The summed E-state index contributed by atoms with van der Waals surface area (Å²) in [5.74, 6) is 0.182. The summed E-state index contributed by atoms with van der Waals surface area (Å²) < 4.78 is 18.7. The highest BCUT2D eigenvalue weighted by Crippen LogP contribution is 2.24. The Morgan fingerprint density at radius 2 is 1.89 bits per heavy atom. The van der Waals surface area contributed by atoms with E-state index in [0.29, 0.717) is 16.3 Å². The van der Waals surface area contributed by atoms with Gasteiger partial charge in [-0.25, -0.2) is 4.39 Å². The molecule has 2 unspecified atom stereocenters. The fraction of sp³-hybridized carbons (Fsp3) is 0.200. The summed E-state index contributed by atoms with van der Waals surface area (Å²) in [6.07, 6.45) is -1.42.